The minimum absolute atomic E-state index is 0.180. The van der Waals surface area contributed by atoms with Gasteiger partial charge < -0.3 is 20.3 Å². The third-order valence-electron chi connectivity index (χ3n) is 5.93. The number of piperidine rings is 1. The third-order valence-corrected chi connectivity index (χ3v) is 5.93. The molecular weight excluding hydrogens is 336 g/mol. The van der Waals surface area contributed by atoms with Crippen LogP contribution in [0.25, 0.3) is 0 Å². The first-order chi connectivity index (χ1) is 13.2. The molecule has 0 aliphatic carbocycles. The monoisotopic (exact) mass is 372 g/mol. The number of nitrogens with one attached hydrogen (secondary N) is 2. The molecule has 2 saturated heterocycles. The van der Waals surface area contributed by atoms with Crippen LogP contribution in [-0.4, -0.2) is 56.2 Å². The standard InChI is InChI=1S/C22H36N4O/c1-17(2)26-13-11-20(12-14-26)25-22(23-3)24-16-19-10-7-15-27-21(19)18-8-5-4-6-9-18/h4-6,8-9,17,19-21H,7,10-16H2,1-3H3,(H2,23,24,25). The van der Waals surface area contributed by atoms with Gasteiger partial charge in [-0.1, -0.05) is 30.3 Å². The van der Waals surface area contributed by atoms with Gasteiger partial charge in [0.25, 0.3) is 0 Å². The Kier molecular flexibility index (Phi) is 7.53. The molecule has 2 aliphatic heterocycles. The normalized spacial score (nSPS) is 25.6. The van der Waals surface area contributed by atoms with E-state index in [0.717, 1.165) is 25.5 Å². The Labute approximate surface area is 164 Å². The van der Waals surface area contributed by atoms with Gasteiger partial charge in [0.15, 0.2) is 5.96 Å². The highest BCUT2D eigenvalue weighted by molar-refractivity contribution is 5.80. The second kappa shape index (κ2) is 10.1. The summed E-state index contributed by atoms with van der Waals surface area (Å²) in [6.45, 7) is 8.65. The zero-order valence-electron chi connectivity index (χ0n) is 17.2. The highest BCUT2D eigenvalue weighted by Gasteiger charge is 2.28. The number of hydrogen-bond acceptors (Lipinski definition) is 3. The Morgan fingerprint density at radius 1 is 1.19 bits per heavy atom. The second-order valence-electron chi connectivity index (χ2n) is 8.11. The number of likely N-dealkylation sites (tertiary alicyclic amines) is 1. The Balaban J connectivity index is 1.50. The molecule has 0 bridgehead atoms. The summed E-state index contributed by atoms with van der Waals surface area (Å²) in [5.74, 6) is 1.40. The van der Waals surface area contributed by atoms with E-state index in [1.807, 2.05) is 7.05 Å². The largest absolute Gasteiger partial charge is 0.373 e. The maximum atomic E-state index is 6.12. The van der Waals surface area contributed by atoms with Crippen molar-refractivity contribution in [2.24, 2.45) is 10.9 Å². The van der Waals surface area contributed by atoms with Crippen molar-refractivity contribution in [3.63, 3.8) is 0 Å². The summed E-state index contributed by atoms with van der Waals surface area (Å²) >= 11 is 0. The van der Waals surface area contributed by atoms with E-state index in [2.05, 4.69) is 64.7 Å². The van der Waals surface area contributed by atoms with E-state index in [1.165, 1.54) is 37.9 Å². The molecule has 2 N–H and O–H groups in total. The molecule has 1 aromatic carbocycles. The van der Waals surface area contributed by atoms with Crippen LogP contribution in [0.3, 0.4) is 0 Å². The van der Waals surface area contributed by atoms with Crippen molar-refractivity contribution < 1.29 is 4.74 Å². The third kappa shape index (κ3) is 5.69. The molecule has 150 valence electrons. The Bertz CT molecular complexity index is 581. The predicted octanol–water partition coefficient (Wildman–Crippen LogP) is 3.19. The van der Waals surface area contributed by atoms with Crippen LogP contribution in [0.5, 0.6) is 0 Å². The first-order valence-electron chi connectivity index (χ1n) is 10.5. The molecule has 0 aromatic heterocycles. The molecule has 0 saturated carbocycles. The molecule has 1 aromatic rings. The molecule has 5 nitrogen and oxygen atoms in total. The van der Waals surface area contributed by atoms with Crippen LogP contribution in [0.4, 0.5) is 0 Å². The molecule has 2 fully saturated rings. The maximum absolute atomic E-state index is 6.12. The molecule has 2 aliphatic rings. The fourth-order valence-corrected chi connectivity index (χ4v) is 4.24. The van der Waals surface area contributed by atoms with Gasteiger partial charge in [0.1, 0.15) is 0 Å². The molecule has 2 heterocycles. The van der Waals surface area contributed by atoms with E-state index < -0.39 is 0 Å². The summed E-state index contributed by atoms with van der Waals surface area (Å²) in [4.78, 5) is 7.01. The summed E-state index contributed by atoms with van der Waals surface area (Å²) in [5.41, 5.74) is 1.29. The van der Waals surface area contributed by atoms with Crippen molar-refractivity contribution in [3.05, 3.63) is 35.9 Å². The predicted molar refractivity (Wildman–Crippen MR) is 112 cm³/mol. The number of rotatable bonds is 5. The SMILES string of the molecule is CN=C(NCC1CCCOC1c1ccccc1)NC1CCN(C(C)C)CC1. The first-order valence-corrected chi connectivity index (χ1v) is 10.5. The fraction of sp³-hybridized carbons (Fsp3) is 0.682. The average Bonchev–Trinajstić information content (AvgIpc) is 2.72. The van der Waals surface area contributed by atoms with E-state index in [0.29, 0.717) is 18.0 Å². The van der Waals surface area contributed by atoms with Crippen LogP contribution in [0.15, 0.2) is 35.3 Å². The minimum atomic E-state index is 0.180. The summed E-state index contributed by atoms with van der Waals surface area (Å²) in [6.07, 6.45) is 4.86. The molecule has 27 heavy (non-hydrogen) atoms. The molecule has 2 unspecified atom stereocenters. The Morgan fingerprint density at radius 3 is 2.59 bits per heavy atom. The fourth-order valence-electron chi connectivity index (χ4n) is 4.24. The summed E-state index contributed by atoms with van der Waals surface area (Å²) in [5, 5.41) is 7.20. The number of benzene rings is 1. The van der Waals surface area contributed by atoms with Gasteiger partial charge in [-0.15, -0.1) is 0 Å². The maximum Gasteiger partial charge on any atom is 0.191 e. The van der Waals surface area contributed by atoms with Crippen molar-refractivity contribution in [1.29, 1.82) is 0 Å². The van der Waals surface area contributed by atoms with Gasteiger partial charge in [-0.3, -0.25) is 4.99 Å². The van der Waals surface area contributed by atoms with Crippen LogP contribution >= 0.6 is 0 Å². The van der Waals surface area contributed by atoms with Crippen molar-refractivity contribution in [2.45, 2.75) is 57.7 Å². The molecule has 0 amide bonds. The van der Waals surface area contributed by atoms with Crippen molar-refractivity contribution in [1.82, 2.24) is 15.5 Å². The van der Waals surface area contributed by atoms with E-state index in [1.54, 1.807) is 0 Å². The van der Waals surface area contributed by atoms with E-state index in [9.17, 15) is 0 Å². The number of hydrogen-bond donors (Lipinski definition) is 2. The quantitative estimate of drug-likeness (QED) is 0.616. The van der Waals surface area contributed by atoms with Crippen LogP contribution in [0, 0.1) is 5.92 Å². The van der Waals surface area contributed by atoms with Gasteiger partial charge >= 0.3 is 0 Å². The summed E-state index contributed by atoms with van der Waals surface area (Å²) < 4.78 is 6.12. The minimum Gasteiger partial charge on any atom is -0.373 e. The highest BCUT2D eigenvalue weighted by atomic mass is 16.5. The van der Waals surface area contributed by atoms with Gasteiger partial charge in [0.05, 0.1) is 6.10 Å². The highest BCUT2D eigenvalue weighted by Crippen LogP contribution is 2.33. The molecule has 0 spiro atoms. The molecular formula is C22H36N4O. The molecule has 0 radical (unpaired) electrons. The van der Waals surface area contributed by atoms with Crippen LogP contribution < -0.4 is 10.6 Å². The van der Waals surface area contributed by atoms with Gasteiger partial charge in [-0.05, 0) is 45.1 Å². The lowest BCUT2D eigenvalue weighted by Gasteiger charge is -2.36. The lowest BCUT2D eigenvalue weighted by atomic mass is 9.89. The van der Waals surface area contributed by atoms with Crippen LogP contribution in [0.2, 0.25) is 0 Å². The lowest BCUT2D eigenvalue weighted by Crippen LogP contribution is -2.50. The number of nitrogens with zero attached hydrogens (tertiary/aromatic N) is 2. The van der Waals surface area contributed by atoms with Crippen LogP contribution in [0.1, 0.15) is 51.2 Å². The smallest absolute Gasteiger partial charge is 0.191 e. The van der Waals surface area contributed by atoms with Crippen LogP contribution in [-0.2, 0) is 4.74 Å². The Morgan fingerprint density at radius 2 is 1.93 bits per heavy atom. The van der Waals surface area contributed by atoms with E-state index >= 15 is 0 Å². The first kappa shape index (κ1) is 20.2. The van der Waals surface area contributed by atoms with Crippen molar-refractivity contribution in [2.75, 3.05) is 33.3 Å². The van der Waals surface area contributed by atoms with E-state index in [4.69, 9.17) is 4.74 Å². The lowest BCUT2D eigenvalue weighted by molar-refractivity contribution is -0.0265. The second-order valence-corrected chi connectivity index (χ2v) is 8.11. The number of ether oxygens (including phenoxy) is 1. The van der Waals surface area contributed by atoms with Gasteiger partial charge in [0.2, 0.25) is 0 Å². The number of guanidine groups is 1. The number of aliphatic imine (C=N–C) groups is 1. The van der Waals surface area contributed by atoms with Crippen molar-refractivity contribution >= 4 is 5.96 Å². The van der Waals surface area contributed by atoms with Gasteiger partial charge in [-0.2, -0.15) is 0 Å². The van der Waals surface area contributed by atoms with Gasteiger partial charge in [0, 0.05) is 51.3 Å². The average molecular weight is 373 g/mol. The van der Waals surface area contributed by atoms with Crippen molar-refractivity contribution in [3.8, 4) is 0 Å². The Hall–Kier alpha value is -1.59. The topological polar surface area (TPSA) is 48.9 Å². The molecule has 3 rings (SSSR count). The summed E-state index contributed by atoms with van der Waals surface area (Å²) in [7, 11) is 1.87. The molecule has 2 atom stereocenters. The molecule has 5 heteroatoms. The zero-order valence-corrected chi connectivity index (χ0v) is 17.2. The zero-order chi connectivity index (χ0) is 19.1. The van der Waals surface area contributed by atoms with Gasteiger partial charge in [-0.25, -0.2) is 0 Å². The van der Waals surface area contributed by atoms with E-state index in [-0.39, 0.29) is 6.10 Å². The summed E-state index contributed by atoms with van der Waals surface area (Å²) in [6, 6.07) is 11.8.